The van der Waals surface area contributed by atoms with Crippen molar-refractivity contribution in [2.75, 3.05) is 0 Å². The number of hydrogen-bond acceptors (Lipinski definition) is 2. The Kier molecular flexibility index (Phi) is 22.3. The van der Waals surface area contributed by atoms with Crippen LogP contribution in [0.25, 0.3) is 10.8 Å². The number of H-pyrrole nitrogens is 1. The van der Waals surface area contributed by atoms with Gasteiger partial charge in [-0.3, -0.25) is 4.79 Å². The van der Waals surface area contributed by atoms with Gasteiger partial charge in [-0.2, -0.15) is 5.10 Å². The molecule has 0 radical (unpaired) electrons. The van der Waals surface area contributed by atoms with Gasteiger partial charge in [0.05, 0.1) is 11.1 Å². The van der Waals surface area contributed by atoms with Gasteiger partial charge in [0.15, 0.2) is 0 Å². The molecule has 3 nitrogen and oxygen atoms in total. The van der Waals surface area contributed by atoms with Crippen molar-refractivity contribution < 1.29 is 4.39 Å². The van der Waals surface area contributed by atoms with Crippen molar-refractivity contribution in [1.29, 1.82) is 0 Å². The number of unbranched alkanes of at least 4 members (excludes halogenated alkanes) is 25. The average Bonchev–Trinajstić information content (AvgIpc) is 3.01. The molecule has 0 atom stereocenters. The summed E-state index contributed by atoms with van der Waals surface area (Å²) in [7, 11) is 0. The van der Waals surface area contributed by atoms with Gasteiger partial charge in [0.2, 0.25) is 0 Å². The fraction of sp³-hybridized carbons (Fsp3) is 0.795. The SMILES string of the molecule is CCCCCCCCCCCCCCCCCCCCCc1ccc2c(=O)[nH]nc(CCCCCCCCCC)c2c1F. The second kappa shape index (κ2) is 25.6. The maximum absolute atomic E-state index is 15.6. The van der Waals surface area contributed by atoms with E-state index < -0.39 is 0 Å². The summed E-state index contributed by atoms with van der Waals surface area (Å²) < 4.78 is 15.6. The number of hydrogen-bond donors (Lipinski definition) is 1. The summed E-state index contributed by atoms with van der Waals surface area (Å²) in [5.41, 5.74) is 1.17. The van der Waals surface area contributed by atoms with Crippen molar-refractivity contribution in [2.45, 2.75) is 200 Å². The lowest BCUT2D eigenvalue weighted by Gasteiger charge is -2.10. The number of aryl methyl sites for hydroxylation is 2. The Labute approximate surface area is 264 Å². The minimum atomic E-state index is -0.288. The summed E-state index contributed by atoms with van der Waals surface area (Å²) >= 11 is 0. The topological polar surface area (TPSA) is 45.8 Å². The fourth-order valence-corrected chi connectivity index (χ4v) is 6.52. The second-order valence-corrected chi connectivity index (χ2v) is 13.3. The number of nitrogens with one attached hydrogen (secondary N) is 1. The molecule has 1 heterocycles. The first-order valence-corrected chi connectivity index (χ1v) is 18.9. The fourth-order valence-electron chi connectivity index (χ4n) is 6.52. The van der Waals surface area contributed by atoms with Gasteiger partial charge in [0, 0.05) is 5.39 Å². The van der Waals surface area contributed by atoms with Gasteiger partial charge in [-0.25, -0.2) is 9.49 Å². The zero-order valence-corrected chi connectivity index (χ0v) is 28.4. The van der Waals surface area contributed by atoms with E-state index in [0.29, 0.717) is 16.5 Å². The summed E-state index contributed by atoms with van der Waals surface area (Å²) in [5, 5.41) is 7.78. The highest BCUT2D eigenvalue weighted by atomic mass is 19.1. The Balaban J connectivity index is 1.54. The van der Waals surface area contributed by atoms with Gasteiger partial charge < -0.3 is 0 Å². The molecule has 0 aliphatic carbocycles. The standard InChI is InChI=1S/C39H67FN2O/c1-3-5-7-9-11-13-14-15-16-17-18-19-20-21-22-23-24-26-28-30-34-32-33-35-37(38(34)40)36(41-42-39(35)43)31-29-27-25-12-10-8-6-4-2/h32-33H,3-31H2,1-2H3,(H,42,43). The van der Waals surface area contributed by atoms with Crippen LogP contribution in [0.4, 0.5) is 4.39 Å². The average molecular weight is 599 g/mol. The van der Waals surface area contributed by atoms with Crippen LogP contribution in [0.2, 0.25) is 0 Å². The van der Waals surface area contributed by atoms with Gasteiger partial charge in [-0.15, -0.1) is 0 Å². The molecule has 2 aromatic rings. The summed E-state index contributed by atoms with van der Waals surface area (Å²) in [6.07, 6.45) is 37.2. The summed E-state index contributed by atoms with van der Waals surface area (Å²) in [5.74, 6) is -0.215. The van der Waals surface area contributed by atoms with E-state index in [1.165, 1.54) is 148 Å². The van der Waals surface area contributed by atoms with E-state index in [-0.39, 0.29) is 11.4 Å². The van der Waals surface area contributed by atoms with Crippen LogP contribution >= 0.6 is 0 Å². The Hall–Kier alpha value is -1.71. The lowest BCUT2D eigenvalue weighted by molar-refractivity contribution is 0.522. The van der Waals surface area contributed by atoms with E-state index in [9.17, 15) is 4.79 Å². The Morgan fingerprint density at radius 1 is 0.535 bits per heavy atom. The van der Waals surface area contributed by atoms with Gasteiger partial charge in [-0.1, -0.05) is 180 Å². The van der Waals surface area contributed by atoms with Crippen LogP contribution in [-0.2, 0) is 12.8 Å². The highest BCUT2D eigenvalue weighted by Gasteiger charge is 2.15. The van der Waals surface area contributed by atoms with Gasteiger partial charge in [0.25, 0.3) is 5.56 Å². The molecule has 0 fully saturated rings. The molecule has 1 aromatic carbocycles. The van der Waals surface area contributed by atoms with Crippen LogP contribution in [0.15, 0.2) is 16.9 Å². The Morgan fingerprint density at radius 2 is 0.907 bits per heavy atom. The third kappa shape index (κ3) is 16.8. The smallest absolute Gasteiger partial charge is 0.267 e. The van der Waals surface area contributed by atoms with Crippen molar-refractivity contribution >= 4 is 10.8 Å². The zero-order valence-electron chi connectivity index (χ0n) is 28.4. The van der Waals surface area contributed by atoms with E-state index in [1.807, 2.05) is 6.07 Å². The molecule has 43 heavy (non-hydrogen) atoms. The third-order valence-corrected chi connectivity index (χ3v) is 9.36. The molecular weight excluding hydrogens is 531 g/mol. The minimum Gasteiger partial charge on any atom is -0.267 e. The first-order chi connectivity index (χ1) is 21.2. The molecule has 0 saturated carbocycles. The van der Waals surface area contributed by atoms with Crippen LogP contribution in [0.5, 0.6) is 0 Å². The number of benzene rings is 1. The summed E-state index contributed by atoms with van der Waals surface area (Å²) in [6, 6.07) is 3.63. The minimum absolute atomic E-state index is 0.215. The maximum Gasteiger partial charge on any atom is 0.272 e. The molecule has 0 saturated heterocycles. The maximum atomic E-state index is 15.6. The molecule has 0 amide bonds. The predicted octanol–water partition coefficient (Wildman–Crippen LogP) is 12.7. The zero-order chi connectivity index (χ0) is 30.8. The lowest BCUT2D eigenvalue weighted by atomic mass is 9.98. The summed E-state index contributed by atoms with van der Waals surface area (Å²) in [6.45, 7) is 4.53. The molecule has 4 heteroatoms. The molecule has 1 N–H and O–H groups in total. The first kappa shape index (κ1) is 37.5. The number of halogens is 1. The van der Waals surface area contributed by atoms with Gasteiger partial charge in [0.1, 0.15) is 5.82 Å². The molecular formula is C39H67FN2O. The molecule has 1 aromatic heterocycles. The van der Waals surface area contributed by atoms with Crippen molar-refractivity contribution in [1.82, 2.24) is 10.2 Å². The highest BCUT2D eigenvalue weighted by molar-refractivity contribution is 5.85. The first-order valence-electron chi connectivity index (χ1n) is 18.9. The summed E-state index contributed by atoms with van der Waals surface area (Å²) in [4.78, 5) is 12.4. The number of rotatable bonds is 29. The largest absolute Gasteiger partial charge is 0.272 e. The van der Waals surface area contributed by atoms with E-state index in [4.69, 9.17) is 0 Å². The normalized spacial score (nSPS) is 11.6. The van der Waals surface area contributed by atoms with Gasteiger partial charge in [-0.05, 0) is 37.3 Å². The molecule has 2 rings (SSSR count). The van der Waals surface area contributed by atoms with Crippen LogP contribution in [0, 0.1) is 5.82 Å². The number of aromatic amines is 1. The molecule has 0 spiro atoms. The van der Waals surface area contributed by atoms with E-state index in [1.54, 1.807) is 6.07 Å². The Bertz CT molecular complexity index is 1000. The lowest BCUT2D eigenvalue weighted by Crippen LogP contribution is -2.13. The van der Waals surface area contributed by atoms with Crippen molar-refractivity contribution in [3.8, 4) is 0 Å². The number of nitrogens with zero attached hydrogens (tertiary/aromatic N) is 1. The monoisotopic (exact) mass is 599 g/mol. The molecule has 0 unspecified atom stereocenters. The van der Waals surface area contributed by atoms with Crippen molar-refractivity contribution in [3.05, 3.63) is 39.6 Å². The van der Waals surface area contributed by atoms with Crippen LogP contribution in [0.1, 0.15) is 198 Å². The number of fused-ring (bicyclic) bond motifs is 1. The van der Waals surface area contributed by atoms with Crippen LogP contribution in [-0.4, -0.2) is 10.2 Å². The van der Waals surface area contributed by atoms with E-state index >= 15 is 4.39 Å². The quantitative estimate of drug-likeness (QED) is 0.0947. The van der Waals surface area contributed by atoms with Crippen LogP contribution < -0.4 is 5.56 Å². The molecule has 246 valence electrons. The van der Waals surface area contributed by atoms with Crippen molar-refractivity contribution in [3.63, 3.8) is 0 Å². The van der Waals surface area contributed by atoms with Crippen LogP contribution in [0.3, 0.4) is 0 Å². The van der Waals surface area contributed by atoms with Crippen molar-refractivity contribution in [2.24, 2.45) is 0 Å². The second-order valence-electron chi connectivity index (χ2n) is 13.3. The predicted molar refractivity (Wildman–Crippen MR) is 186 cm³/mol. The van der Waals surface area contributed by atoms with E-state index in [2.05, 4.69) is 24.0 Å². The third-order valence-electron chi connectivity index (χ3n) is 9.36. The Morgan fingerprint density at radius 3 is 1.33 bits per heavy atom. The van der Waals surface area contributed by atoms with Gasteiger partial charge >= 0.3 is 0 Å². The molecule has 0 bridgehead atoms. The molecule has 0 aliphatic rings. The van der Waals surface area contributed by atoms with E-state index in [0.717, 1.165) is 44.1 Å². The molecule has 0 aliphatic heterocycles. The number of aromatic nitrogens is 2. The highest BCUT2D eigenvalue weighted by Crippen LogP contribution is 2.24.